The van der Waals surface area contributed by atoms with Gasteiger partial charge >= 0.3 is 0 Å². The van der Waals surface area contributed by atoms with E-state index in [2.05, 4.69) is 22.2 Å². The molecule has 19 heavy (non-hydrogen) atoms. The molecule has 1 aliphatic heterocycles. The van der Waals surface area contributed by atoms with Gasteiger partial charge in [0, 0.05) is 20.1 Å². The minimum atomic E-state index is -0.265. The number of hydrogen-bond donors (Lipinski definition) is 1. The molecule has 1 aromatic heterocycles. The van der Waals surface area contributed by atoms with Crippen LogP contribution in [0.15, 0.2) is 11.0 Å². The van der Waals surface area contributed by atoms with Gasteiger partial charge < -0.3 is 10.2 Å². The Morgan fingerprint density at radius 3 is 2.84 bits per heavy atom. The highest BCUT2D eigenvalue weighted by molar-refractivity contribution is 6.32. The van der Waals surface area contributed by atoms with Crippen molar-refractivity contribution in [3.05, 3.63) is 21.6 Å². The second-order valence-corrected chi connectivity index (χ2v) is 5.63. The van der Waals surface area contributed by atoms with E-state index in [1.54, 1.807) is 13.2 Å². The molecule has 2 rings (SSSR count). The highest BCUT2D eigenvalue weighted by Crippen LogP contribution is 2.17. The third-order valence-corrected chi connectivity index (χ3v) is 4.06. The summed E-state index contributed by atoms with van der Waals surface area (Å²) in [5.74, 6) is 0.847. The van der Waals surface area contributed by atoms with Crippen LogP contribution in [0, 0.1) is 5.92 Å². The summed E-state index contributed by atoms with van der Waals surface area (Å²) in [6, 6.07) is 0. The molecule has 106 valence electrons. The summed E-state index contributed by atoms with van der Waals surface area (Å²) in [7, 11) is 1.59. The highest BCUT2D eigenvalue weighted by Gasteiger charge is 2.15. The molecular formula is C13H21ClN4O. The molecule has 5 nitrogen and oxygen atoms in total. The zero-order chi connectivity index (χ0) is 13.8. The molecule has 0 amide bonds. The van der Waals surface area contributed by atoms with E-state index >= 15 is 0 Å². The topological polar surface area (TPSA) is 50.2 Å². The van der Waals surface area contributed by atoms with Crippen LogP contribution >= 0.6 is 11.6 Å². The summed E-state index contributed by atoms with van der Waals surface area (Å²) in [6.07, 6.45) is 4.14. The lowest BCUT2D eigenvalue weighted by molar-refractivity contribution is 0.199. The Morgan fingerprint density at radius 2 is 2.16 bits per heavy atom. The van der Waals surface area contributed by atoms with Gasteiger partial charge in [0.1, 0.15) is 5.02 Å². The second-order valence-electron chi connectivity index (χ2n) is 5.25. The van der Waals surface area contributed by atoms with Gasteiger partial charge in [0.2, 0.25) is 0 Å². The van der Waals surface area contributed by atoms with E-state index in [9.17, 15) is 4.79 Å². The largest absolute Gasteiger partial charge is 0.381 e. The summed E-state index contributed by atoms with van der Waals surface area (Å²) < 4.78 is 1.24. The van der Waals surface area contributed by atoms with Crippen molar-refractivity contribution in [2.75, 3.05) is 31.5 Å². The lowest BCUT2D eigenvalue weighted by Gasteiger charge is -2.30. The zero-order valence-corrected chi connectivity index (χ0v) is 12.3. The maximum absolute atomic E-state index is 11.6. The molecule has 1 N–H and O–H groups in total. The van der Waals surface area contributed by atoms with Gasteiger partial charge in [-0.1, -0.05) is 18.5 Å². The summed E-state index contributed by atoms with van der Waals surface area (Å²) in [5.41, 5.74) is 0.355. The predicted molar refractivity (Wildman–Crippen MR) is 77.8 cm³/mol. The van der Waals surface area contributed by atoms with Crippen LogP contribution in [0.5, 0.6) is 0 Å². The van der Waals surface area contributed by atoms with E-state index in [-0.39, 0.29) is 10.6 Å². The maximum atomic E-state index is 11.6. The minimum absolute atomic E-state index is 0.213. The van der Waals surface area contributed by atoms with Gasteiger partial charge in [0.05, 0.1) is 11.9 Å². The predicted octanol–water partition coefficient (Wildman–Crippen LogP) is 1.58. The van der Waals surface area contributed by atoms with E-state index in [1.165, 1.54) is 17.5 Å². The lowest BCUT2D eigenvalue weighted by Crippen LogP contribution is -2.36. The summed E-state index contributed by atoms with van der Waals surface area (Å²) in [4.78, 5) is 14.0. The molecule has 6 heteroatoms. The van der Waals surface area contributed by atoms with Crippen molar-refractivity contribution in [3.8, 4) is 0 Å². The number of piperidine rings is 1. The summed E-state index contributed by atoms with van der Waals surface area (Å²) >= 11 is 5.99. The molecule has 0 aliphatic carbocycles. The number of anilines is 1. The Bertz CT molecular complexity index is 480. The number of halogens is 1. The quantitative estimate of drug-likeness (QED) is 0.912. The normalized spacial score (nSPS) is 17.6. The minimum Gasteiger partial charge on any atom is -0.381 e. The Hall–Kier alpha value is -1.07. The molecule has 1 saturated heterocycles. The van der Waals surface area contributed by atoms with Gasteiger partial charge in [-0.15, -0.1) is 0 Å². The third-order valence-electron chi connectivity index (χ3n) is 3.70. The highest BCUT2D eigenvalue weighted by atomic mass is 35.5. The summed E-state index contributed by atoms with van der Waals surface area (Å²) in [5, 5.41) is 7.36. The van der Waals surface area contributed by atoms with Gasteiger partial charge in [-0.3, -0.25) is 4.79 Å². The SMILES string of the molecule is CC1CCN(CCNc2cnn(C)c(=O)c2Cl)CC1. The van der Waals surface area contributed by atoms with Crippen LogP contribution < -0.4 is 10.9 Å². The van der Waals surface area contributed by atoms with Crippen LogP contribution in [-0.4, -0.2) is 40.9 Å². The van der Waals surface area contributed by atoms with E-state index in [4.69, 9.17) is 11.6 Å². The molecule has 0 atom stereocenters. The van der Waals surface area contributed by atoms with E-state index in [0.717, 1.165) is 32.1 Å². The first kappa shape index (κ1) is 14.3. The van der Waals surface area contributed by atoms with Crippen molar-refractivity contribution >= 4 is 17.3 Å². The van der Waals surface area contributed by atoms with Gasteiger partial charge in [-0.25, -0.2) is 4.68 Å². The van der Waals surface area contributed by atoms with Gasteiger partial charge in [0.25, 0.3) is 5.56 Å². The Kier molecular flexibility index (Phi) is 4.82. The van der Waals surface area contributed by atoms with E-state index < -0.39 is 0 Å². The molecule has 2 heterocycles. The van der Waals surface area contributed by atoms with Gasteiger partial charge in [-0.05, 0) is 31.8 Å². The van der Waals surface area contributed by atoms with Gasteiger partial charge in [-0.2, -0.15) is 5.10 Å². The molecule has 0 radical (unpaired) electrons. The first-order valence-electron chi connectivity index (χ1n) is 6.76. The second kappa shape index (κ2) is 6.39. The molecule has 1 fully saturated rings. The Balaban J connectivity index is 1.83. The molecule has 0 unspecified atom stereocenters. The lowest BCUT2D eigenvalue weighted by atomic mass is 9.99. The summed E-state index contributed by atoms with van der Waals surface area (Å²) in [6.45, 7) is 6.37. The first-order chi connectivity index (χ1) is 9.08. The van der Waals surface area contributed by atoms with Crippen molar-refractivity contribution in [2.24, 2.45) is 13.0 Å². The number of likely N-dealkylation sites (tertiary alicyclic amines) is 1. The number of hydrogen-bond acceptors (Lipinski definition) is 4. The number of rotatable bonds is 4. The van der Waals surface area contributed by atoms with Crippen molar-refractivity contribution in [2.45, 2.75) is 19.8 Å². The van der Waals surface area contributed by atoms with Crippen LogP contribution in [-0.2, 0) is 7.05 Å². The fraction of sp³-hybridized carbons (Fsp3) is 0.692. The molecule has 0 aromatic carbocycles. The monoisotopic (exact) mass is 284 g/mol. The fourth-order valence-corrected chi connectivity index (χ4v) is 2.51. The molecular weight excluding hydrogens is 264 g/mol. The average molecular weight is 285 g/mol. The molecule has 0 spiro atoms. The van der Waals surface area contributed by atoms with Crippen LogP contribution in [0.3, 0.4) is 0 Å². The Morgan fingerprint density at radius 1 is 1.47 bits per heavy atom. The molecule has 0 bridgehead atoms. The third kappa shape index (κ3) is 3.70. The number of nitrogens with one attached hydrogen (secondary N) is 1. The number of aromatic nitrogens is 2. The number of nitrogens with zero attached hydrogens (tertiary/aromatic N) is 3. The van der Waals surface area contributed by atoms with E-state index in [1.807, 2.05) is 0 Å². The average Bonchev–Trinajstić information content (AvgIpc) is 2.41. The van der Waals surface area contributed by atoms with Gasteiger partial charge in [0.15, 0.2) is 0 Å². The number of aryl methyl sites for hydroxylation is 1. The smallest absolute Gasteiger partial charge is 0.287 e. The van der Waals surface area contributed by atoms with Crippen molar-refractivity contribution in [1.29, 1.82) is 0 Å². The fourth-order valence-electron chi connectivity index (χ4n) is 2.27. The van der Waals surface area contributed by atoms with Crippen LogP contribution in [0.1, 0.15) is 19.8 Å². The van der Waals surface area contributed by atoms with Crippen molar-refractivity contribution < 1.29 is 0 Å². The van der Waals surface area contributed by atoms with Crippen molar-refractivity contribution in [3.63, 3.8) is 0 Å². The molecule has 1 aromatic rings. The van der Waals surface area contributed by atoms with Crippen molar-refractivity contribution in [1.82, 2.24) is 14.7 Å². The Labute approximate surface area is 118 Å². The standard InChI is InChI=1S/C13H21ClN4O/c1-10-3-6-18(7-4-10)8-5-15-11-9-16-17(2)13(19)12(11)14/h9-10,15H,3-8H2,1-2H3. The first-order valence-corrected chi connectivity index (χ1v) is 7.13. The van der Waals surface area contributed by atoms with Crippen LogP contribution in [0.2, 0.25) is 5.02 Å². The molecule has 1 aliphatic rings. The van der Waals surface area contributed by atoms with E-state index in [0.29, 0.717) is 5.69 Å². The van der Waals surface area contributed by atoms with Crippen LogP contribution in [0.25, 0.3) is 0 Å². The molecule has 0 saturated carbocycles. The zero-order valence-electron chi connectivity index (χ0n) is 11.5. The van der Waals surface area contributed by atoms with Crippen LogP contribution in [0.4, 0.5) is 5.69 Å². The maximum Gasteiger partial charge on any atom is 0.287 e.